The first-order chi connectivity index (χ1) is 14.9. The molecule has 0 aliphatic carbocycles. The van der Waals surface area contributed by atoms with Crippen molar-refractivity contribution in [3.63, 3.8) is 0 Å². The molecule has 0 nitrogen and oxygen atoms in total. The van der Waals surface area contributed by atoms with E-state index in [0.717, 1.165) is 0 Å². The molecule has 0 spiro atoms. The Labute approximate surface area is 169 Å². The predicted molar refractivity (Wildman–Crippen MR) is 131 cm³/mol. The largest absolute Gasteiger partial charge is 0.0610 e. The number of benzene rings is 4. The van der Waals surface area contributed by atoms with Gasteiger partial charge in [0, 0.05) is 0 Å². The summed E-state index contributed by atoms with van der Waals surface area (Å²) >= 11 is 0. The normalized spacial score (nSPS) is 14.0. The van der Waals surface area contributed by atoms with Crippen LogP contribution >= 0.6 is 0 Å². The highest BCUT2D eigenvalue weighted by molar-refractivity contribution is 6.54. The standard InChI is InChI=1S/C30H12/c1-3-13-15(5-1)21-11-23-20-10-8-18-14-4-2-6-16(14)22-12-24-19-9-7-17(13)25(19)27(21)29(23)30(24)28(22)26(18)20/h1-12H. The highest BCUT2D eigenvalue weighted by atomic mass is 14.3. The maximum Gasteiger partial charge on any atom is -0.000695 e. The summed E-state index contributed by atoms with van der Waals surface area (Å²) in [5.41, 5.74) is 0. The van der Waals surface area contributed by atoms with Crippen LogP contribution in [0.15, 0.2) is 72.8 Å². The van der Waals surface area contributed by atoms with Crippen LogP contribution in [-0.2, 0) is 0 Å². The molecule has 0 atom stereocenters. The highest BCUT2D eigenvalue weighted by Gasteiger charge is 2.27. The van der Waals surface area contributed by atoms with Gasteiger partial charge in [-0.2, -0.15) is 0 Å². The fraction of sp³-hybridized carbons (Fsp3) is 0. The van der Waals surface area contributed by atoms with E-state index in [1.54, 1.807) is 0 Å². The van der Waals surface area contributed by atoms with Crippen molar-refractivity contribution < 1.29 is 0 Å². The molecule has 0 bridgehead atoms. The maximum atomic E-state index is 2.49. The second-order valence-electron chi connectivity index (χ2n) is 9.22. The average molecular weight is 372 g/mol. The lowest BCUT2D eigenvalue weighted by Crippen LogP contribution is -1.81. The summed E-state index contributed by atoms with van der Waals surface area (Å²) in [7, 11) is 0. The Bertz CT molecular complexity index is 2080. The average Bonchev–Trinajstić information content (AvgIpc) is 3.56. The van der Waals surface area contributed by atoms with E-state index < -0.39 is 0 Å². The Morgan fingerprint density at radius 1 is 0.233 bits per heavy atom. The summed E-state index contributed by atoms with van der Waals surface area (Å²) in [4.78, 5) is 0. The third-order valence-electron chi connectivity index (χ3n) is 8.19. The molecule has 132 valence electrons. The molecule has 0 saturated carbocycles. The van der Waals surface area contributed by atoms with E-state index in [0.29, 0.717) is 0 Å². The summed E-state index contributed by atoms with van der Waals surface area (Å²) < 4.78 is 0. The molecule has 0 aliphatic heterocycles. The number of hydrogen-bond donors (Lipinski definition) is 0. The first-order valence-corrected chi connectivity index (χ1v) is 10.7. The van der Waals surface area contributed by atoms with Crippen molar-refractivity contribution in [2.45, 2.75) is 0 Å². The molecule has 0 fully saturated rings. The minimum absolute atomic E-state index is 1.40. The minimum Gasteiger partial charge on any atom is -0.0610 e. The Kier molecular flexibility index (Phi) is 1.68. The highest BCUT2D eigenvalue weighted by Crippen LogP contribution is 2.56. The topological polar surface area (TPSA) is 0 Å². The van der Waals surface area contributed by atoms with Gasteiger partial charge in [0.2, 0.25) is 0 Å². The summed E-state index contributed by atoms with van der Waals surface area (Å²) in [6.07, 6.45) is 0. The molecule has 0 saturated heterocycles. The molecule has 10 rings (SSSR count). The number of rotatable bonds is 0. The number of fused-ring (bicyclic) bond motifs is 8. The zero-order valence-electron chi connectivity index (χ0n) is 15.9. The molecule has 0 N–H and O–H groups in total. The first-order valence-electron chi connectivity index (χ1n) is 10.7. The predicted octanol–water partition coefficient (Wildman–Crippen LogP) is 8.69. The van der Waals surface area contributed by atoms with E-state index >= 15 is 0 Å². The SMILES string of the molecule is c1cc2c(c1)c1cc3c4ccc5c6cccc6c6cc7c8ccc2c8c1c3c7c6c54. The van der Waals surface area contributed by atoms with Gasteiger partial charge in [-0.25, -0.2) is 0 Å². The molecular weight excluding hydrogens is 360 g/mol. The Hall–Kier alpha value is -3.90. The molecule has 10 aromatic rings. The third kappa shape index (κ3) is 1.06. The molecule has 0 radical (unpaired) electrons. The van der Waals surface area contributed by atoms with Gasteiger partial charge in [-0.15, -0.1) is 0 Å². The summed E-state index contributed by atoms with van der Waals surface area (Å²) in [6, 6.07) is 28.1. The van der Waals surface area contributed by atoms with Gasteiger partial charge in [0.1, 0.15) is 0 Å². The van der Waals surface area contributed by atoms with Gasteiger partial charge in [0.15, 0.2) is 0 Å². The smallest absolute Gasteiger partial charge is 0.000695 e. The third-order valence-corrected chi connectivity index (χ3v) is 8.19. The van der Waals surface area contributed by atoms with Gasteiger partial charge >= 0.3 is 0 Å². The molecule has 0 amide bonds. The molecule has 0 aliphatic rings. The van der Waals surface area contributed by atoms with E-state index in [2.05, 4.69) is 72.8 Å². The van der Waals surface area contributed by atoms with E-state index in [1.807, 2.05) is 0 Å². The van der Waals surface area contributed by atoms with Crippen molar-refractivity contribution in [1.29, 1.82) is 0 Å². The van der Waals surface area contributed by atoms with Gasteiger partial charge in [-0.1, -0.05) is 60.7 Å². The van der Waals surface area contributed by atoms with Gasteiger partial charge in [-0.05, 0) is 109 Å². The van der Waals surface area contributed by atoms with E-state index in [9.17, 15) is 0 Å². The van der Waals surface area contributed by atoms with Crippen molar-refractivity contribution in [2.24, 2.45) is 0 Å². The molecule has 30 heavy (non-hydrogen) atoms. The first kappa shape index (κ1) is 13.3. The fourth-order valence-corrected chi connectivity index (χ4v) is 7.18. The van der Waals surface area contributed by atoms with Crippen LogP contribution < -0.4 is 0 Å². The van der Waals surface area contributed by atoms with Crippen molar-refractivity contribution in [3.05, 3.63) is 72.8 Å². The maximum absolute atomic E-state index is 2.49. The summed E-state index contributed by atoms with van der Waals surface area (Å²) in [6.45, 7) is 0. The number of hydrogen-bond acceptors (Lipinski definition) is 0. The Morgan fingerprint density at radius 2 is 0.533 bits per heavy atom. The van der Waals surface area contributed by atoms with Gasteiger partial charge < -0.3 is 0 Å². The summed E-state index contributed by atoms with van der Waals surface area (Å²) in [5.74, 6) is 0. The van der Waals surface area contributed by atoms with Gasteiger partial charge in [0.25, 0.3) is 0 Å². The van der Waals surface area contributed by atoms with E-state index in [-0.39, 0.29) is 0 Å². The lowest BCUT2D eigenvalue weighted by atomic mass is 9.91. The van der Waals surface area contributed by atoms with Crippen LogP contribution in [0.3, 0.4) is 0 Å². The monoisotopic (exact) mass is 372 g/mol. The Balaban J connectivity index is 1.77. The minimum atomic E-state index is 1.40. The molecular formula is C30H12. The van der Waals surface area contributed by atoms with Crippen LogP contribution in [-0.4, -0.2) is 0 Å². The van der Waals surface area contributed by atoms with Crippen LogP contribution in [0.25, 0.3) is 97.0 Å². The zero-order chi connectivity index (χ0) is 18.9. The lowest BCUT2D eigenvalue weighted by molar-refractivity contribution is 2.05. The van der Waals surface area contributed by atoms with E-state index in [4.69, 9.17) is 0 Å². The van der Waals surface area contributed by atoms with Crippen molar-refractivity contribution >= 4 is 97.0 Å². The zero-order valence-corrected chi connectivity index (χ0v) is 15.9. The molecule has 0 heterocycles. The lowest BCUT2D eigenvalue weighted by Gasteiger charge is -2.10. The van der Waals surface area contributed by atoms with Crippen LogP contribution in [0, 0.1) is 0 Å². The molecule has 10 aromatic carbocycles. The van der Waals surface area contributed by atoms with E-state index in [1.165, 1.54) is 97.0 Å². The van der Waals surface area contributed by atoms with Gasteiger partial charge in [0.05, 0.1) is 0 Å². The van der Waals surface area contributed by atoms with Gasteiger partial charge in [-0.3, -0.25) is 0 Å². The summed E-state index contributed by atoms with van der Waals surface area (Å²) in [5, 5.41) is 25.9. The second kappa shape index (κ2) is 3.78. The van der Waals surface area contributed by atoms with Crippen molar-refractivity contribution in [3.8, 4) is 0 Å². The van der Waals surface area contributed by atoms with Crippen LogP contribution in [0.1, 0.15) is 0 Å². The molecule has 0 heteroatoms. The van der Waals surface area contributed by atoms with Crippen LogP contribution in [0.5, 0.6) is 0 Å². The van der Waals surface area contributed by atoms with Crippen LogP contribution in [0.4, 0.5) is 0 Å². The molecule has 0 aromatic heterocycles. The Morgan fingerprint density at radius 3 is 0.967 bits per heavy atom. The fourth-order valence-electron chi connectivity index (χ4n) is 7.18. The quantitative estimate of drug-likeness (QED) is 0.234. The van der Waals surface area contributed by atoms with Crippen molar-refractivity contribution in [2.75, 3.05) is 0 Å². The van der Waals surface area contributed by atoms with Crippen molar-refractivity contribution in [1.82, 2.24) is 0 Å². The molecule has 0 unspecified atom stereocenters. The second-order valence-corrected chi connectivity index (χ2v) is 9.22. The van der Waals surface area contributed by atoms with Crippen LogP contribution in [0.2, 0.25) is 0 Å².